The molecule has 3 nitrogen and oxygen atoms in total. The predicted octanol–water partition coefficient (Wildman–Crippen LogP) is 2.00. The van der Waals surface area contributed by atoms with Gasteiger partial charge in [-0.05, 0) is 32.0 Å². The smallest absolute Gasteiger partial charge is 0.491 e. The van der Waals surface area contributed by atoms with Gasteiger partial charge in [0.05, 0.1) is 6.20 Å². The van der Waals surface area contributed by atoms with Crippen molar-refractivity contribution in [1.29, 1.82) is 0 Å². The highest BCUT2D eigenvalue weighted by molar-refractivity contribution is 6.73. The third-order valence-corrected chi connectivity index (χ3v) is 3.24. The largest absolute Gasteiger partial charge is 0.511 e. The molecule has 7 heteroatoms. The SMILES string of the molecule is F[B-](F)(F)c1cncc(OCCN2CCCCC2)c1. The van der Waals surface area contributed by atoms with Gasteiger partial charge in [0, 0.05) is 12.7 Å². The van der Waals surface area contributed by atoms with Crippen LogP contribution in [0.1, 0.15) is 19.3 Å². The number of rotatable bonds is 5. The van der Waals surface area contributed by atoms with Gasteiger partial charge in [-0.25, -0.2) is 0 Å². The fourth-order valence-corrected chi connectivity index (χ4v) is 2.17. The third-order valence-electron chi connectivity index (χ3n) is 3.24. The second-order valence-corrected chi connectivity index (χ2v) is 4.78. The van der Waals surface area contributed by atoms with Gasteiger partial charge in [0.15, 0.2) is 0 Å². The minimum absolute atomic E-state index is 0.189. The molecule has 0 radical (unpaired) electrons. The van der Waals surface area contributed by atoms with Gasteiger partial charge in [-0.3, -0.25) is 9.88 Å². The summed E-state index contributed by atoms with van der Waals surface area (Å²) in [6.07, 6.45) is 5.79. The summed E-state index contributed by atoms with van der Waals surface area (Å²) in [5, 5.41) is 0. The fourth-order valence-electron chi connectivity index (χ4n) is 2.17. The van der Waals surface area contributed by atoms with Crippen molar-refractivity contribution in [3.63, 3.8) is 0 Å². The normalized spacial score (nSPS) is 17.4. The molecule has 19 heavy (non-hydrogen) atoms. The van der Waals surface area contributed by atoms with Crippen molar-refractivity contribution in [3.05, 3.63) is 18.5 Å². The lowest BCUT2D eigenvalue weighted by Gasteiger charge is -2.26. The highest BCUT2D eigenvalue weighted by Gasteiger charge is 2.26. The summed E-state index contributed by atoms with van der Waals surface area (Å²) in [6.45, 7) is -1.76. The number of hydrogen-bond donors (Lipinski definition) is 0. The van der Waals surface area contributed by atoms with Crippen LogP contribution in [-0.2, 0) is 0 Å². The number of halogens is 3. The molecule has 0 spiro atoms. The minimum atomic E-state index is -5.01. The number of ether oxygens (including phenoxy) is 1. The summed E-state index contributed by atoms with van der Waals surface area (Å²) in [7, 11) is 0. The van der Waals surface area contributed by atoms with Crippen LogP contribution in [0.15, 0.2) is 18.5 Å². The van der Waals surface area contributed by atoms with E-state index in [2.05, 4.69) is 9.88 Å². The second kappa shape index (κ2) is 6.28. The second-order valence-electron chi connectivity index (χ2n) is 4.78. The summed E-state index contributed by atoms with van der Waals surface area (Å²) in [5.41, 5.74) is -0.713. The number of piperidine rings is 1. The van der Waals surface area contributed by atoms with Crippen molar-refractivity contribution in [1.82, 2.24) is 9.88 Å². The van der Waals surface area contributed by atoms with Crippen molar-refractivity contribution >= 4 is 12.4 Å². The van der Waals surface area contributed by atoms with E-state index in [0.29, 0.717) is 6.61 Å². The average Bonchev–Trinajstić information content (AvgIpc) is 2.39. The number of pyridine rings is 1. The van der Waals surface area contributed by atoms with Crippen LogP contribution in [-0.4, -0.2) is 43.1 Å². The van der Waals surface area contributed by atoms with Gasteiger partial charge in [-0.1, -0.05) is 11.9 Å². The Bertz CT molecular complexity index is 408. The summed E-state index contributed by atoms with van der Waals surface area (Å²) < 4.78 is 43.0. The molecule has 0 aromatic carbocycles. The van der Waals surface area contributed by atoms with Crippen molar-refractivity contribution in [2.45, 2.75) is 19.3 Å². The van der Waals surface area contributed by atoms with E-state index in [1.54, 1.807) is 0 Å². The lowest BCUT2D eigenvalue weighted by Crippen LogP contribution is -2.35. The summed E-state index contributed by atoms with van der Waals surface area (Å²) >= 11 is 0. The van der Waals surface area contributed by atoms with Gasteiger partial charge in [0.1, 0.15) is 12.4 Å². The predicted molar refractivity (Wildman–Crippen MR) is 68.7 cm³/mol. The van der Waals surface area contributed by atoms with E-state index in [0.717, 1.165) is 31.9 Å². The monoisotopic (exact) mass is 273 g/mol. The van der Waals surface area contributed by atoms with Crippen molar-refractivity contribution in [3.8, 4) is 5.75 Å². The number of hydrogen-bond acceptors (Lipinski definition) is 3. The zero-order valence-electron chi connectivity index (χ0n) is 10.7. The Kier molecular flexibility index (Phi) is 4.68. The van der Waals surface area contributed by atoms with Gasteiger partial charge in [-0.2, -0.15) is 0 Å². The molecular formula is C12H17BF3N2O-. The first-order valence-electron chi connectivity index (χ1n) is 6.56. The van der Waals surface area contributed by atoms with Crippen LogP contribution in [0, 0.1) is 0 Å². The quantitative estimate of drug-likeness (QED) is 0.767. The lowest BCUT2D eigenvalue weighted by molar-refractivity contribution is 0.183. The molecule has 1 aliphatic rings. The molecule has 2 heterocycles. The Morgan fingerprint density at radius 2 is 1.89 bits per heavy atom. The Labute approximate surface area is 110 Å². The van der Waals surface area contributed by atoms with Crippen LogP contribution < -0.4 is 10.2 Å². The Morgan fingerprint density at radius 3 is 2.58 bits per heavy atom. The first kappa shape index (κ1) is 14.2. The van der Waals surface area contributed by atoms with E-state index < -0.39 is 12.4 Å². The number of likely N-dealkylation sites (tertiary alicyclic amines) is 1. The third kappa shape index (κ3) is 4.42. The maximum Gasteiger partial charge on any atom is 0.511 e. The first-order chi connectivity index (χ1) is 9.05. The average molecular weight is 273 g/mol. The van der Waals surface area contributed by atoms with Crippen LogP contribution in [0.5, 0.6) is 5.75 Å². The molecule has 2 rings (SSSR count). The highest BCUT2D eigenvalue weighted by atomic mass is 19.4. The molecule has 0 amide bonds. The van der Waals surface area contributed by atoms with E-state index >= 15 is 0 Å². The van der Waals surface area contributed by atoms with E-state index in [9.17, 15) is 12.9 Å². The van der Waals surface area contributed by atoms with Gasteiger partial charge in [0.2, 0.25) is 0 Å². The molecule has 0 aliphatic carbocycles. The molecule has 0 atom stereocenters. The number of nitrogens with zero attached hydrogens (tertiary/aromatic N) is 2. The van der Waals surface area contributed by atoms with Gasteiger partial charge >= 0.3 is 6.98 Å². The lowest BCUT2D eigenvalue weighted by atomic mass is 9.81. The summed E-state index contributed by atoms with van der Waals surface area (Å²) in [5.74, 6) is 0.189. The van der Waals surface area contributed by atoms with E-state index in [1.165, 1.54) is 25.5 Å². The summed E-state index contributed by atoms with van der Waals surface area (Å²) in [4.78, 5) is 5.85. The Balaban J connectivity index is 1.82. The van der Waals surface area contributed by atoms with E-state index in [4.69, 9.17) is 4.74 Å². The van der Waals surface area contributed by atoms with Gasteiger partial charge in [0.25, 0.3) is 0 Å². The van der Waals surface area contributed by atoms with Crippen LogP contribution in [0.2, 0.25) is 0 Å². The Hall–Kier alpha value is -1.24. The zero-order valence-corrected chi connectivity index (χ0v) is 10.7. The molecule has 0 N–H and O–H groups in total. The van der Waals surface area contributed by atoms with Crippen LogP contribution >= 0.6 is 0 Å². The van der Waals surface area contributed by atoms with E-state index in [1.807, 2.05) is 0 Å². The summed E-state index contributed by atoms with van der Waals surface area (Å²) in [6, 6.07) is 1.02. The van der Waals surface area contributed by atoms with Gasteiger partial charge in [-0.15, -0.1) is 0 Å². The molecule has 0 saturated carbocycles. The molecule has 1 aromatic rings. The van der Waals surface area contributed by atoms with Crippen LogP contribution in [0.3, 0.4) is 0 Å². The molecule has 1 saturated heterocycles. The standard InChI is InChI=1S/C12H17BF3N2O/c14-13(15,16)11-8-12(10-17-9-11)19-7-6-18-4-2-1-3-5-18/h8-10H,1-7H2/q-1. The van der Waals surface area contributed by atoms with Crippen molar-refractivity contribution in [2.24, 2.45) is 0 Å². The zero-order chi connectivity index (χ0) is 13.7. The molecule has 1 aromatic heterocycles. The molecule has 0 bridgehead atoms. The van der Waals surface area contributed by atoms with Crippen molar-refractivity contribution < 1.29 is 17.7 Å². The minimum Gasteiger partial charge on any atom is -0.491 e. The fraction of sp³-hybridized carbons (Fsp3) is 0.583. The maximum absolute atomic E-state index is 12.5. The topological polar surface area (TPSA) is 25.4 Å². The molecule has 106 valence electrons. The van der Waals surface area contributed by atoms with E-state index in [-0.39, 0.29) is 5.75 Å². The molecule has 0 unspecified atom stereocenters. The Morgan fingerprint density at radius 1 is 1.16 bits per heavy atom. The molecular weight excluding hydrogens is 256 g/mol. The maximum atomic E-state index is 12.5. The highest BCUT2D eigenvalue weighted by Crippen LogP contribution is 2.13. The van der Waals surface area contributed by atoms with Crippen LogP contribution in [0.25, 0.3) is 0 Å². The molecule has 1 fully saturated rings. The van der Waals surface area contributed by atoms with Crippen molar-refractivity contribution in [2.75, 3.05) is 26.2 Å². The number of aromatic nitrogens is 1. The van der Waals surface area contributed by atoms with Crippen LogP contribution in [0.4, 0.5) is 12.9 Å². The molecule has 1 aliphatic heterocycles. The first-order valence-corrected chi connectivity index (χ1v) is 6.56. The van der Waals surface area contributed by atoms with Gasteiger partial charge < -0.3 is 17.7 Å².